The third-order valence-electron chi connectivity index (χ3n) is 4.33. The van der Waals surface area contributed by atoms with Crippen LogP contribution in [0.4, 0.5) is 0 Å². The van der Waals surface area contributed by atoms with E-state index in [1.807, 2.05) is 0 Å². The molecule has 0 radical (unpaired) electrons. The van der Waals surface area contributed by atoms with Crippen LogP contribution in [0, 0.1) is 5.92 Å². The lowest BCUT2D eigenvalue weighted by atomic mass is 10.1. The Morgan fingerprint density at radius 3 is 2.56 bits per heavy atom. The zero-order valence-corrected chi connectivity index (χ0v) is 11.7. The molecule has 0 heterocycles. The van der Waals surface area contributed by atoms with Crippen molar-refractivity contribution in [1.82, 2.24) is 10.6 Å². The van der Waals surface area contributed by atoms with E-state index in [2.05, 4.69) is 17.6 Å². The zero-order valence-electron chi connectivity index (χ0n) is 11.7. The number of nitrogens with one attached hydrogen (secondary N) is 2. The molecule has 104 valence electrons. The van der Waals surface area contributed by atoms with Crippen molar-refractivity contribution in [2.24, 2.45) is 5.92 Å². The van der Waals surface area contributed by atoms with E-state index < -0.39 is 0 Å². The molecule has 3 heteroatoms. The number of carbonyl (C=O) groups excluding carboxylic acids is 1. The molecular weight excluding hydrogens is 224 g/mol. The minimum atomic E-state index is 0.198. The number of carbonyl (C=O) groups is 1. The molecule has 2 fully saturated rings. The summed E-state index contributed by atoms with van der Waals surface area (Å²) in [5.74, 6) is 1.03. The summed E-state index contributed by atoms with van der Waals surface area (Å²) in [6, 6.07) is 1.05. The molecule has 2 rings (SSSR count). The second-order valence-electron chi connectivity index (χ2n) is 6.03. The van der Waals surface area contributed by atoms with Crippen molar-refractivity contribution < 1.29 is 4.79 Å². The van der Waals surface area contributed by atoms with Gasteiger partial charge in [0.05, 0.1) is 6.54 Å². The van der Waals surface area contributed by atoms with E-state index in [1.165, 1.54) is 57.8 Å². The molecule has 18 heavy (non-hydrogen) atoms. The molecule has 2 unspecified atom stereocenters. The maximum atomic E-state index is 11.8. The van der Waals surface area contributed by atoms with Crippen LogP contribution in [0.5, 0.6) is 0 Å². The molecule has 2 atom stereocenters. The van der Waals surface area contributed by atoms with Crippen molar-refractivity contribution in [2.45, 2.75) is 76.8 Å². The van der Waals surface area contributed by atoms with Crippen LogP contribution in [0.1, 0.15) is 64.7 Å². The third-order valence-corrected chi connectivity index (χ3v) is 4.33. The predicted octanol–water partition coefficient (Wildman–Crippen LogP) is 2.60. The number of rotatable bonds is 6. The predicted molar refractivity (Wildman–Crippen MR) is 74.4 cm³/mol. The first kappa shape index (κ1) is 13.9. The van der Waals surface area contributed by atoms with Gasteiger partial charge in [0.15, 0.2) is 0 Å². The maximum absolute atomic E-state index is 11.8. The van der Waals surface area contributed by atoms with Crippen LogP contribution in [-0.4, -0.2) is 24.5 Å². The molecule has 0 aromatic carbocycles. The molecule has 2 saturated carbocycles. The second-order valence-corrected chi connectivity index (χ2v) is 6.03. The van der Waals surface area contributed by atoms with Crippen molar-refractivity contribution in [3.8, 4) is 0 Å². The average molecular weight is 252 g/mol. The third kappa shape index (κ3) is 4.60. The molecule has 0 aliphatic heterocycles. The molecule has 2 N–H and O–H groups in total. The van der Waals surface area contributed by atoms with Gasteiger partial charge in [-0.05, 0) is 31.6 Å². The Bertz CT molecular complexity index is 259. The van der Waals surface area contributed by atoms with Gasteiger partial charge in [0.1, 0.15) is 0 Å². The summed E-state index contributed by atoms with van der Waals surface area (Å²) in [7, 11) is 0. The maximum Gasteiger partial charge on any atom is 0.234 e. The highest BCUT2D eigenvalue weighted by atomic mass is 16.2. The van der Waals surface area contributed by atoms with Gasteiger partial charge < -0.3 is 10.6 Å². The Hall–Kier alpha value is -0.570. The summed E-state index contributed by atoms with van der Waals surface area (Å²) < 4.78 is 0. The van der Waals surface area contributed by atoms with Crippen LogP contribution in [0.2, 0.25) is 0 Å². The SMILES string of the molecule is CCCC1CC1NCC(=O)NC1CCCCCC1. The van der Waals surface area contributed by atoms with Gasteiger partial charge in [-0.1, -0.05) is 39.0 Å². The topological polar surface area (TPSA) is 41.1 Å². The molecule has 0 aromatic heterocycles. The minimum absolute atomic E-state index is 0.198. The van der Waals surface area contributed by atoms with Crippen LogP contribution in [0.15, 0.2) is 0 Å². The van der Waals surface area contributed by atoms with E-state index in [9.17, 15) is 4.79 Å². The van der Waals surface area contributed by atoms with Crippen LogP contribution < -0.4 is 10.6 Å². The Morgan fingerprint density at radius 2 is 1.89 bits per heavy atom. The molecule has 2 aliphatic rings. The van der Waals surface area contributed by atoms with E-state index in [-0.39, 0.29) is 5.91 Å². The van der Waals surface area contributed by atoms with Crippen LogP contribution >= 0.6 is 0 Å². The standard InChI is InChI=1S/C15H28N2O/c1-2-7-12-10-14(12)16-11-15(18)17-13-8-5-3-4-6-9-13/h12-14,16H,2-11H2,1H3,(H,17,18). The van der Waals surface area contributed by atoms with Gasteiger partial charge in [0.2, 0.25) is 5.91 Å². The molecule has 0 aromatic rings. The summed E-state index contributed by atoms with van der Waals surface area (Å²) in [5, 5.41) is 6.57. The summed E-state index contributed by atoms with van der Waals surface area (Å²) in [6.07, 6.45) is 11.4. The van der Waals surface area contributed by atoms with E-state index >= 15 is 0 Å². The highest BCUT2D eigenvalue weighted by Crippen LogP contribution is 2.34. The Labute approximate surface area is 111 Å². The molecule has 1 amide bonds. The average Bonchev–Trinajstić information content (AvgIpc) is 3.12. The fourth-order valence-electron chi connectivity index (χ4n) is 3.11. The molecule has 3 nitrogen and oxygen atoms in total. The Morgan fingerprint density at radius 1 is 1.17 bits per heavy atom. The smallest absolute Gasteiger partial charge is 0.234 e. The van der Waals surface area contributed by atoms with Gasteiger partial charge in [-0.15, -0.1) is 0 Å². The van der Waals surface area contributed by atoms with Crippen molar-refractivity contribution in [3.05, 3.63) is 0 Å². The molecule has 0 spiro atoms. The Balaban J connectivity index is 1.57. The summed E-state index contributed by atoms with van der Waals surface area (Å²) >= 11 is 0. The minimum Gasteiger partial charge on any atom is -0.352 e. The lowest BCUT2D eigenvalue weighted by Crippen LogP contribution is -2.41. The first-order valence-electron chi connectivity index (χ1n) is 7.82. The number of hydrogen-bond donors (Lipinski definition) is 2. The van der Waals surface area contributed by atoms with Crippen LogP contribution in [0.25, 0.3) is 0 Å². The second kappa shape index (κ2) is 7.13. The van der Waals surface area contributed by atoms with E-state index in [4.69, 9.17) is 0 Å². The molecule has 0 saturated heterocycles. The monoisotopic (exact) mass is 252 g/mol. The van der Waals surface area contributed by atoms with Gasteiger partial charge in [0, 0.05) is 12.1 Å². The largest absolute Gasteiger partial charge is 0.352 e. The van der Waals surface area contributed by atoms with Gasteiger partial charge in [-0.2, -0.15) is 0 Å². The lowest BCUT2D eigenvalue weighted by molar-refractivity contribution is -0.121. The van der Waals surface area contributed by atoms with Crippen LogP contribution in [-0.2, 0) is 4.79 Å². The normalized spacial score (nSPS) is 28.7. The van der Waals surface area contributed by atoms with E-state index in [0.717, 1.165) is 5.92 Å². The van der Waals surface area contributed by atoms with Crippen molar-refractivity contribution in [3.63, 3.8) is 0 Å². The van der Waals surface area contributed by atoms with Crippen molar-refractivity contribution in [2.75, 3.05) is 6.54 Å². The fraction of sp³-hybridized carbons (Fsp3) is 0.933. The van der Waals surface area contributed by atoms with Gasteiger partial charge >= 0.3 is 0 Å². The zero-order chi connectivity index (χ0) is 12.8. The first-order chi connectivity index (χ1) is 8.79. The number of hydrogen-bond acceptors (Lipinski definition) is 2. The summed E-state index contributed by atoms with van der Waals surface area (Å²) in [4.78, 5) is 11.8. The fourth-order valence-corrected chi connectivity index (χ4v) is 3.11. The molecule has 0 bridgehead atoms. The number of amides is 1. The molecule has 2 aliphatic carbocycles. The Kier molecular flexibility index (Phi) is 5.48. The highest BCUT2D eigenvalue weighted by Gasteiger charge is 2.35. The first-order valence-corrected chi connectivity index (χ1v) is 7.82. The lowest BCUT2D eigenvalue weighted by Gasteiger charge is -2.16. The van der Waals surface area contributed by atoms with Crippen molar-refractivity contribution in [1.29, 1.82) is 0 Å². The van der Waals surface area contributed by atoms with Gasteiger partial charge in [-0.25, -0.2) is 0 Å². The van der Waals surface area contributed by atoms with Crippen molar-refractivity contribution >= 4 is 5.91 Å². The van der Waals surface area contributed by atoms with E-state index in [1.54, 1.807) is 0 Å². The summed E-state index contributed by atoms with van der Waals surface area (Å²) in [5.41, 5.74) is 0. The van der Waals surface area contributed by atoms with E-state index in [0.29, 0.717) is 18.6 Å². The van der Waals surface area contributed by atoms with Crippen LogP contribution in [0.3, 0.4) is 0 Å². The van der Waals surface area contributed by atoms with Gasteiger partial charge in [0.25, 0.3) is 0 Å². The molecular formula is C15H28N2O. The summed E-state index contributed by atoms with van der Waals surface area (Å²) in [6.45, 7) is 2.75. The quantitative estimate of drug-likeness (QED) is 0.713. The highest BCUT2D eigenvalue weighted by molar-refractivity contribution is 5.78. The van der Waals surface area contributed by atoms with Gasteiger partial charge in [-0.3, -0.25) is 4.79 Å².